The van der Waals surface area contributed by atoms with Gasteiger partial charge in [0.25, 0.3) is 0 Å². The average Bonchev–Trinajstić information content (AvgIpc) is 2.45. The van der Waals surface area contributed by atoms with E-state index in [-0.39, 0.29) is 5.84 Å². The van der Waals surface area contributed by atoms with Crippen LogP contribution in [0.3, 0.4) is 0 Å². The summed E-state index contributed by atoms with van der Waals surface area (Å²) >= 11 is 0. The highest BCUT2D eigenvalue weighted by atomic mass is 16.4. The van der Waals surface area contributed by atoms with Gasteiger partial charge in [0.15, 0.2) is 5.84 Å². The van der Waals surface area contributed by atoms with Gasteiger partial charge in [-0.05, 0) is 52.4 Å². The minimum Gasteiger partial charge on any atom is -0.409 e. The van der Waals surface area contributed by atoms with E-state index in [9.17, 15) is 0 Å². The molecule has 0 saturated carbocycles. The van der Waals surface area contributed by atoms with Gasteiger partial charge in [-0.1, -0.05) is 5.16 Å². The van der Waals surface area contributed by atoms with Crippen LogP contribution in [0.4, 0.5) is 5.82 Å². The molecule has 1 aromatic rings. The van der Waals surface area contributed by atoms with Crippen LogP contribution in [-0.2, 0) is 0 Å². The number of pyridine rings is 1. The number of piperidine rings is 1. The maximum atomic E-state index is 9.05. The van der Waals surface area contributed by atoms with Crippen molar-refractivity contribution < 1.29 is 5.21 Å². The number of aryl methyl sites for hydroxylation is 2. The molecule has 1 saturated heterocycles. The second kappa shape index (κ2) is 6.30. The molecule has 1 aliphatic heterocycles. The van der Waals surface area contributed by atoms with Gasteiger partial charge in [-0.25, -0.2) is 4.98 Å². The molecule has 6 heteroatoms. The minimum absolute atomic E-state index is 0.127. The Morgan fingerprint density at radius 1 is 1.48 bits per heavy atom. The van der Waals surface area contributed by atoms with Crippen molar-refractivity contribution in [2.24, 2.45) is 10.9 Å². The molecular formula is C15H25N5O. The predicted octanol–water partition coefficient (Wildman–Crippen LogP) is 1.32. The lowest BCUT2D eigenvalue weighted by Crippen LogP contribution is -2.46. The maximum absolute atomic E-state index is 9.05. The number of hydrogen-bond donors (Lipinski definition) is 2. The summed E-state index contributed by atoms with van der Waals surface area (Å²) in [5.74, 6) is 0.955. The zero-order valence-corrected chi connectivity index (χ0v) is 13.3. The van der Waals surface area contributed by atoms with Gasteiger partial charge < -0.3 is 20.7 Å². The molecule has 1 unspecified atom stereocenters. The summed E-state index contributed by atoms with van der Waals surface area (Å²) < 4.78 is 0. The molecule has 1 atom stereocenters. The van der Waals surface area contributed by atoms with E-state index >= 15 is 0 Å². The standard InChI is InChI=1S/C15H25N5O/c1-10-8-11(2)17-15(13(10)14(16)18-21)20-7-5-6-12(9-20)19(3)4/h8,12,21H,5-7,9H2,1-4H3,(H2,16,18). The van der Waals surface area contributed by atoms with Crippen molar-refractivity contribution in [3.8, 4) is 0 Å². The van der Waals surface area contributed by atoms with Crippen LogP contribution in [0.15, 0.2) is 11.2 Å². The van der Waals surface area contributed by atoms with E-state index in [0.717, 1.165) is 42.1 Å². The number of anilines is 1. The average molecular weight is 291 g/mol. The Morgan fingerprint density at radius 3 is 2.81 bits per heavy atom. The molecule has 2 rings (SSSR count). The van der Waals surface area contributed by atoms with Crippen LogP contribution < -0.4 is 10.6 Å². The molecule has 1 aliphatic rings. The topological polar surface area (TPSA) is 78.0 Å². The summed E-state index contributed by atoms with van der Waals surface area (Å²) in [5.41, 5.74) is 8.54. The third-order valence-electron chi connectivity index (χ3n) is 4.12. The SMILES string of the molecule is Cc1cc(C)c(C(N)=NO)c(N2CCCC(N(C)C)C2)n1. The highest BCUT2D eigenvalue weighted by Crippen LogP contribution is 2.26. The number of nitrogens with two attached hydrogens (primary N) is 1. The molecular weight excluding hydrogens is 266 g/mol. The van der Waals surface area contributed by atoms with Crippen LogP contribution >= 0.6 is 0 Å². The number of oxime groups is 1. The zero-order chi connectivity index (χ0) is 15.6. The third-order valence-corrected chi connectivity index (χ3v) is 4.12. The Hall–Kier alpha value is -1.82. The van der Waals surface area contributed by atoms with E-state index < -0.39 is 0 Å². The predicted molar refractivity (Wildman–Crippen MR) is 85.1 cm³/mol. The molecule has 0 amide bonds. The monoisotopic (exact) mass is 291 g/mol. The van der Waals surface area contributed by atoms with Gasteiger partial charge in [0.2, 0.25) is 0 Å². The first-order chi connectivity index (χ1) is 9.93. The van der Waals surface area contributed by atoms with Crippen molar-refractivity contribution in [3.05, 3.63) is 22.9 Å². The van der Waals surface area contributed by atoms with Crippen LogP contribution in [0.2, 0.25) is 0 Å². The Labute approximate surface area is 126 Å². The highest BCUT2D eigenvalue weighted by Gasteiger charge is 2.26. The number of amidine groups is 1. The molecule has 1 aromatic heterocycles. The lowest BCUT2D eigenvalue weighted by Gasteiger charge is -2.37. The van der Waals surface area contributed by atoms with Crippen molar-refractivity contribution in [3.63, 3.8) is 0 Å². The minimum atomic E-state index is 0.127. The molecule has 0 spiro atoms. The smallest absolute Gasteiger partial charge is 0.174 e. The molecule has 21 heavy (non-hydrogen) atoms. The largest absolute Gasteiger partial charge is 0.409 e. The summed E-state index contributed by atoms with van der Waals surface area (Å²) in [6, 6.07) is 2.46. The van der Waals surface area contributed by atoms with E-state index in [4.69, 9.17) is 10.9 Å². The Bertz CT molecular complexity index is 541. The van der Waals surface area contributed by atoms with Crippen molar-refractivity contribution in [2.45, 2.75) is 32.7 Å². The summed E-state index contributed by atoms with van der Waals surface area (Å²) in [7, 11) is 4.21. The van der Waals surface area contributed by atoms with E-state index in [1.807, 2.05) is 19.9 Å². The van der Waals surface area contributed by atoms with Crippen LogP contribution in [0.25, 0.3) is 0 Å². The Balaban J connectivity index is 2.42. The van der Waals surface area contributed by atoms with Crippen LogP contribution in [0.1, 0.15) is 29.7 Å². The number of rotatable bonds is 3. The second-order valence-electron chi connectivity index (χ2n) is 5.97. The summed E-state index contributed by atoms with van der Waals surface area (Å²) in [6.07, 6.45) is 2.31. The first kappa shape index (κ1) is 15.6. The number of hydrogen-bond acceptors (Lipinski definition) is 5. The molecule has 6 nitrogen and oxygen atoms in total. The highest BCUT2D eigenvalue weighted by molar-refractivity contribution is 6.02. The van der Waals surface area contributed by atoms with Gasteiger partial charge in [-0.2, -0.15) is 0 Å². The molecule has 3 N–H and O–H groups in total. The molecule has 2 heterocycles. The third kappa shape index (κ3) is 3.26. The van der Waals surface area contributed by atoms with Crippen molar-refractivity contribution in [2.75, 3.05) is 32.1 Å². The molecule has 0 radical (unpaired) electrons. The maximum Gasteiger partial charge on any atom is 0.174 e. The van der Waals surface area contributed by atoms with Gasteiger partial charge in [-0.3, -0.25) is 0 Å². The fourth-order valence-corrected chi connectivity index (χ4v) is 2.98. The Morgan fingerprint density at radius 2 is 2.19 bits per heavy atom. The van der Waals surface area contributed by atoms with E-state index in [0.29, 0.717) is 6.04 Å². The summed E-state index contributed by atoms with van der Waals surface area (Å²) in [4.78, 5) is 9.16. The molecule has 0 aliphatic carbocycles. The summed E-state index contributed by atoms with van der Waals surface area (Å²) in [5, 5.41) is 12.2. The van der Waals surface area contributed by atoms with Crippen molar-refractivity contribution in [1.29, 1.82) is 0 Å². The Kier molecular flexibility index (Phi) is 4.67. The van der Waals surface area contributed by atoms with Gasteiger partial charge >= 0.3 is 0 Å². The zero-order valence-electron chi connectivity index (χ0n) is 13.3. The molecule has 0 bridgehead atoms. The van der Waals surface area contributed by atoms with E-state index in [2.05, 4.69) is 34.0 Å². The number of likely N-dealkylation sites (N-methyl/N-ethyl adjacent to an activating group) is 1. The fraction of sp³-hybridized carbons (Fsp3) is 0.600. The van der Waals surface area contributed by atoms with Crippen LogP contribution in [0.5, 0.6) is 0 Å². The molecule has 1 fully saturated rings. The van der Waals surface area contributed by atoms with Gasteiger partial charge in [0.05, 0.1) is 5.56 Å². The first-order valence-corrected chi connectivity index (χ1v) is 7.31. The normalized spacial score (nSPS) is 20.1. The fourth-order valence-electron chi connectivity index (χ4n) is 2.98. The second-order valence-corrected chi connectivity index (χ2v) is 5.97. The van der Waals surface area contributed by atoms with Gasteiger partial charge in [0, 0.05) is 24.8 Å². The number of aromatic nitrogens is 1. The lowest BCUT2D eigenvalue weighted by atomic mass is 10.0. The van der Waals surface area contributed by atoms with Crippen molar-refractivity contribution >= 4 is 11.7 Å². The van der Waals surface area contributed by atoms with E-state index in [1.54, 1.807) is 0 Å². The van der Waals surface area contributed by atoms with E-state index in [1.165, 1.54) is 6.42 Å². The van der Waals surface area contributed by atoms with Gasteiger partial charge in [-0.15, -0.1) is 0 Å². The molecule has 0 aromatic carbocycles. The van der Waals surface area contributed by atoms with Crippen molar-refractivity contribution in [1.82, 2.24) is 9.88 Å². The summed E-state index contributed by atoms with van der Waals surface area (Å²) in [6.45, 7) is 5.80. The van der Waals surface area contributed by atoms with Crippen LogP contribution in [0, 0.1) is 13.8 Å². The molecule has 116 valence electrons. The first-order valence-electron chi connectivity index (χ1n) is 7.31. The quantitative estimate of drug-likeness (QED) is 0.380. The lowest BCUT2D eigenvalue weighted by molar-refractivity contribution is 0.257. The number of nitrogens with zero attached hydrogens (tertiary/aromatic N) is 4. The van der Waals surface area contributed by atoms with Crippen LogP contribution in [-0.4, -0.2) is 54.2 Å². The van der Waals surface area contributed by atoms with Gasteiger partial charge in [0.1, 0.15) is 5.82 Å².